The zero-order chi connectivity index (χ0) is 10.1. The molecule has 0 heterocycles. The van der Waals surface area contributed by atoms with Crippen LogP contribution in [0.2, 0.25) is 0 Å². The molecule has 1 rings (SSSR count). The van der Waals surface area contributed by atoms with Gasteiger partial charge in [0.2, 0.25) is 0 Å². The predicted molar refractivity (Wildman–Crippen MR) is 51.0 cm³/mol. The third-order valence-corrected chi connectivity index (χ3v) is 1.97. The molecule has 0 fully saturated rings. The second kappa shape index (κ2) is 3.46. The van der Waals surface area contributed by atoms with Crippen LogP contribution in [0, 0.1) is 6.92 Å². The van der Waals surface area contributed by atoms with Gasteiger partial charge in [-0.2, -0.15) is 8.78 Å². The summed E-state index contributed by atoms with van der Waals surface area (Å²) in [6.45, 7) is 5.12. The highest BCUT2D eigenvalue weighted by atomic mass is 35.5. The highest BCUT2D eigenvalue weighted by Gasteiger charge is 2.29. The van der Waals surface area contributed by atoms with Gasteiger partial charge in [0.1, 0.15) is 0 Å². The first-order valence-corrected chi connectivity index (χ1v) is 4.12. The molecule has 1 aromatic carbocycles. The average Bonchev–Trinajstić information content (AvgIpc) is 2.03. The number of benzene rings is 1. The predicted octanol–water partition coefficient (Wildman–Crippen LogP) is 3.84. The summed E-state index contributed by atoms with van der Waals surface area (Å²) in [6, 6.07) is 6.63. The molecule has 0 spiro atoms. The third-order valence-electron chi connectivity index (χ3n) is 1.74. The molecule has 0 saturated heterocycles. The van der Waals surface area contributed by atoms with E-state index < -0.39 is 5.38 Å². The quantitative estimate of drug-likeness (QED) is 0.640. The summed E-state index contributed by atoms with van der Waals surface area (Å²) in [5.74, 6) is 0. The van der Waals surface area contributed by atoms with Crippen molar-refractivity contribution < 1.29 is 8.78 Å². The molecule has 0 N–H and O–H groups in total. The summed E-state index contributed by atoms with van der Waals surface area (Å²) in [6.07, 6.45) is 0. The van der Waals surface area contributed by atoms with Crippen molar-refractivity contribution in [1.29, 1.82) is 0 Å². The van der Waals surface area contributed by atoms with Crippen molar-refractivity contribution in [1.82, 2.24) is 0 Å². The number of halogens is 3. The Kier molecular flexibility index (Phi) is 2.71. The molecule has 0 aliphatic heterocycles. The summed E-state index contributed by atoms with van der Waals surface area (Å²) < 4.78 is 25.1. The number of rotatable bonds is 2. The van der Waals surface area contributed by atoms with Crippen molar-refractivity contribution >= 4 is 17.2 Å². The van der Waals surface area contributed by atoms with Gasteiger partial charge in [-0.15, -0.1) is 0 Å². The first kappa shape index (κ1) is 10.2. The Labute approximate surface area is 80.8 Å². The van der Waals surface area contributed by atoms with Gasteiger partial charge in [-0.1, -0.05) is 36.4 Å². The summed E-state index contributed by atoms with van der Waals surface area (Å²) in [4.78, 5) is 0. The fourth-order valence-corrected chi connectivity index (χ4v) is 1.03. The lowest BCUT2D eigenvalue weighted by molar-refractivity contribution is 0.165. The molecule has 13 heavy (non-hydrogen) atoms. The van der Waals surface area contributed by atoms with Gasteiger partial charge in [0, 0.05) is 5.57 Å². The minimum absolute atomic E-state index is 0.366. The maximum Gasteiger partial charge on any atom is 0.348 e. The van der Waals surface area contributed by atoms with Crippen LogP contribution in [0.1, 0.15) is 11.1 Å². The Hall–Kier alpha value is -0.890. The van der Waals surface area contributed by atoms with Gasteiger partial charge in [0.15, 0.2) is 0 Å². The number of alkyl halides is 3. The molecule has 1 aromatic rings. The molecule has 0 nitrogen and oxygen atoms in total. The van der Waals surface area contributed by atoms with Gasteiger partial charge in [-0.3, -0.25) is 0 Å². The standard InChI is InChI=1S/C10H9ClF2/c1-7-3-5-9(6-4-7)8(2)10(11,12)13/h3-6H,2H2,1H3. The van der Waals surface area contributed by atoms with Crippen LogP contribution in [0.5, 0.6) is 0 Å². The van der Waals surface area contributed by atoms with Crippen LogP contribution in [0.4, 0.5) is 8.78 Å². The first-order chi connectivity index (χ1) is 5.91. The van der Waals surface area contributed by atoms with Crippen LogP contribution in [-0.4, -0.2) is 5.38 Å². The minimum atomic E-state index is -3.37. The molecular formula is C10H9ClF2. The number of hydrogen-bond donors (Lipinski definition) is 0. The van der Waals surface area contributed by atoms with Gasteiger partial charge in [-0.05, 0) is 24.1 Å². The molecule has 0 unspecified atom stereocenters. The van der Waals surface area contributed by atoms with Gasteiger partial charge >= 0.3 is 5.38 Å². The van der Waals surface area contributed by atoms with E-state index in [1.807, 2.05) is 6.92 Å². The highest BCUT2D eigenvalue weighted by molar-refractivity contribution is 6.27. The molecular weight excluding hydrogens is 194 g/mol. The van der Waals surface area contributed by atoms with Crippen molar-refractivity contribution in [2.75, 3.05) is 0 Å². The molecule has 3 heteroatoms. The van der Waals surface area contributed by atoms with Crippen LogP contribution in [0.15, 0.2) is 30.8 Å². The molecule has 0 aliphatic rings. The fourth-order valence-electron chi connectivity index (χ4n) is 0.918. The number of allylic oxidation sites excluding steroid dienone is 1. The Bertz CT molecular complexity index is 309. The highest BCUT2D eigenvalue weighted by Crippen LogP contribution is 2.34. The molecule has 0 amide bonds. The SMILES string of the molecule is C=C(c1ccc(C)cc1)C(F)(F)Cl. The summed E-state index contributed by atoms with van der Waals surface area (Å²) in [5, 5.41) is -3.37. The lowest BCUT2D eigenvalue weighted by atomic mass is 10.1. The Morgan fingerprint density at radius 3 is 2.15 bits per heavy atom. The van der Waals surface area contributed by atoms with Gasteiger partial charge < -0.3 is 0 Å². The van der Waals surface area contributed by atoms with E-state index in [0.717, 1.165) is 5.56 Å². The smallest absolute Gasteiger partial charge is 0.183 e. The number of aryl methyl sites for hydroxylation is 1. The van der Waals surface area contributed by atoms with E-state index >= 15 is 0 Å². The summed E-state index contributed by atoms with van der Waals surface area (Å²) in [5.41, 5.74) is 1.01. The van der Waals surface area contributed by atoms with Crippen molar-refractivity contribution in [3.63, 3.8) is 0 Å². The van der Waals surface area contributed by atoms with Crippen LogP contribution in [0.3, 0.4) is 0 Å². The van der Waals surface area contributed by atoms with Crippen LogP contribution < -0.4 is 0 Å². The van der Waals surface area contributed by atoms with Crippen molar-refractivity contribution in [2.45, 2.75) is 12.3 Å². The molecule has 0 aliphatic carbocycles. The maximum atomic E-state index is 12.6. The zero-order valence-electron chi connectivity index (χ0n) is 7.15. The Balaban J connectivity index is 2.97. The van der Waals surface area contributed by atoms with E-state index in [1.165, 1.54) is 0 Å². The average molecular weight is 203 g/mol. The molecule has 0 atom stereocenters. The summed E-state index contributed by atoms with van der Waals surface area (Å²) >= 11 is 4.83. The molecule has 0 radical (unpaired) electrons. The Morgan fingerprint density at radius 1 is 1.31 bits per heavy atom. The largest absolute Gasteiger partial charge is 0.348 e. The van der Waals surface area contributed by atoms with Crippen molar-refractivity contribution in [3.8, 4) is 0 Å². The molecule has 0 aromatic heterocycles. The third kappa shape index (κ3) is 2.52. The van der Waals surface area contributed by atoms with Crippen molar-refractivity contribution in [2.24, 2.45) is 0 Å². The van der Waals surface area contributed by atoms with Crippen molar-refractivity contribution in [3.05, 3.63) is 42.0 Å². The van der Waals surface area contributed by atoms with Crippen LogP contribution in [-0.2, 0) is 0 Å². The first-order valence-electron chi connectivity index (χ1n) is 3.74. The van der Waals surface area contributed by atoms with Crippen LogP contribution >= 0.6 is 11.6 Å². The second-order valence-corrected chi connectivity index (χ2v) is 3.32. The van der Waals surface area contributed by atoms with Gasteiger partial charge in [0.05, 0.1) is 0 Å². The van der Waals surface area contributed by atoms with E-state index in [4.69, 9.17) is 11.6 Å². The summed E-state index contributed by atoms with van der Waals surface area (Å²) in [7, 11) is 0. The van der Waals surface area contributed by atoms with Gasteiger partial charge in [0.25, 0.3) is 0 Å². The Morgan fingerprint density at radius 2 is 1.77 bits per heavy atom. The van der Waals surface area contributed by atoms with E-state index in [0.29, 0.717) is 5.56 Å². The monoisotopic (exact) mass is 202 g/mol. The molecule has 70 valence electrons. The van der Waals surface area contributed by atoms with E-state index in [-0.39, 0.29) is 5.57 Å². The number of hydrogen-bond acceptors (Lipinski definition) is 0. The fraction of sp³-hybridized carbons (Fsp3) is 0.200. The minimum Gasteiger partial charge on any atom is -0.183 e. The molecule has 0 saturated carbocycles. The lowest BCUT2D eigenvalue weighted by Gasteiger charge is -2.11. The van der Waals surface area contributed by atoms with E-state index in [9.17, 15) is 8.78 Å². The topological polar surface area (TPSA) is 0 Å². The normalized spacial score (nSPS) is 11.4. The zero-order valence-corrected chi connectivity index (χ0v) is 7.91. The van der Waals surface area contributed by atoms with E-state index in [2.05, 4.69) is 6.58 Å². The maximum absolute atomic E-state index is 12.6. The lowest BCUT2D eigenvalue weighted by Crippen LogP contribution is -2.07. The molecule has 0 bridgehead atoms. The van der Waals surface area contributed by atoms with Gasteiger partial charge in [-0.25, -0.2) is 0 Å². The van der Waals surface area contributed by atoms with Crippen LogP contribution in [0.25, 0.3) is 5.57 Å². The second-order valence-electron chi connectivity index (χ2n) is 2.84. The van der Waals surface area contributed by atoms with E-state index in [1.54, 1.807) is 24.3 Å².